The minimum absolute atomic E-state index is 0.556. The van der Waals surface area contributed by atoms with E-state index in [9.17, 15) is 0 Å². The normalized spacial score (nSPS) is 10.1. The van der Waals surface area contributed by atoms with Crippen LogP contribution in [0.1, 0.15) is 27.7 Å². The summed E-state index contributed by atoms with van der Waals surface area (Å²) in [6, 6.07) is 0. The lowest BCUT2D eigenvalue weighted by molar-refractivity contribution is 0.792. The van der Waals surface area contributed by atoms with Gasteiger partial charge in [-0.05, 0) is 11.5 Å². The molecule has 0 saturated heterocycles. The van der Waals surface area contributed by atoms with Crippen molar-refractivity contribution in [3.8, 4) is 0 Å². The molecule has 0 unspecified atom stereocenters. The third-order valence-electron chi connectivity index (χ3n) is 1.21. The van der Waals surface area contributed by atoms with Crippen molar-refractivity contribution in [2.24, 2.45) is 5.92 Å². The Morgan fingerprint density at radius 3 is 1.73 bits per heavy atom. The Balaban J connectivity index is 0. The van der Waals surface area contributed by atoms with E-state index < -0.39 is 0 Å². The highest BCUT2D eigenvalue weighted by Crippen LogP contribution is 2.09. The Morgan fingerprint density at radius 2 is 1.64 bits per heavy atom. The summed E-state index contributed by atoms with van der Waals surface area (Å²) in [5.74, 6) is 0.556. The van der Waals surface area contributed by atoms with E-state index in [4.69, 9.17) is 0 Å². The maximum atomic E-state index is 3.68. The molecule has 0 aromatic heterocycles. The second-order valence-electron chi connectivity index (χ2n) is 2.26. The molecule has 11 heavy (non-hydrogen) atoms. The van der Waals surface area contributed by atoms with Crippen LogP contribution in [-0.2, 0) is 0 Å². The highest BCUT2D eigenvalue weighted by molar-refractivity contribution is 5.22. The van der Waals surface area contributed by atoms with Crippen LogP contribution in [0.15, 0.2) is 37.0 Å². The summed E-state index contributed by atoms with van der Waals surface area (Å²) in [5, 5.41) is 0. The molecule has 0 heteroatoms. The Kier molecular flexibility index (Phi) is 10.8. The molecular weight excluding hydrogens is 132 g/mol. The van der Waals surface area contributed by atoms with Crippen molar-refractivity contribution < 1.29 is 0 Å². The van der Waals surface area contributed by atoms with Crippen molar-refractivity contribution in [3.05, 3.63) is 37.0 Å². The van der Waals surface area contributed by atoms with Crippen LogP contribution >= 0.6 is 0 Å². The molecule has 0 amide bonds. The molecule has 0 aromatic rings. The van der Waals surface area contributed by atoms with Crippen LogP contribution in [0, 0.1) is 5.92 Å². The third kappa shape index (κ3) is 7.11. The highest BCUT2D eigenvalue weighted by Gasteiger charge is 1.94. The Hall–Kier alpha value is -0.780. The molecule has 0 heterocycles. The van der Waals surface area contributed by atoms with E-state index >= 15 is 0 Å². The van der Waals surface area contributed by atoms with Gasteiger partial charge in [0.2, 0.25) is 0 Å². The van der Waals surface area contributed by atoms with Crippen LogP contribution in [0.5, 0.6) is 0 Å². The minimum atomic E-state index is 0.556. The van der Waals surface area contributed by atoms with Crippen LogP contribution in [0.3, 0.4) is 0 Å². The van der Waals surface area contributed by atoms with Crippen LogP contribution < -0.4 is 0 Å². The SMILES string of the molecule is C=C/C=C(\C=C)C(C)C.CC. The maximum Gasteiger partial charge on any atom is -0.0219 e. The van der Waals surface area contributed by atoms with Crippen LogP contribution in [0.25, 0.3) is 0 Å². The predicted octanol–water partition coefficient (Wildman–Crippen LogP) is 3.97. The van der Waals surface area contributed by atoms with Crippen molar-refractivity contribution in [2.75, 3.05) is 0 Å². The van der Waals surface area contributed by atoms with Gasteiger partial charge in [-0.2, -0.15) is 0 Å². The van der Waals surface area contributed by atoms with Gasteiger partial charge in [0.25, 0.3) is 0 Å². The zero-order valence-corrected chi connectivity index (χ0v) is 8.22. The standard InChI is InChI=1S/C9H14.C2H6/c1-5-7-9(6-2)8(3)4;1-2/h5-8H,1-2H2,3-4H3;1-2H3/b9-7+;. The second kappa shape index (κ2) is 9.22. The molecule has 0 nitrogen and oxygen atoms in total. The number of hydrogen-bond acceptors (Lipinski definition) is 0. The lowest BCUT2D eigenvalue weighted by Gasteiger charge is -2.02. The zero-order valence-electron chi connectivity index (χ0n) is 8.22. The van der Waals surface area contributed by atoms with E-state index in [0.29, 0.717) is 5.92 Å². The average molecular weight is 152 g/mol. The molecule has 0 fully saturated rings. The monoisotopic (exact) mass is 152 g/mol. The maximum absolute atomic E-state index is 3.68. The molecule has 64 valence electrons. The van der Waals surface area contributed by atoms with Gasteiger partial charge in [-0.25, -0.2) is 0 Å². The number of rotatable bonds is 3. The molecule has 0 atom stereocenters. The molecule has 0 N–H and O–H groups in total. The third-order valence-corrected chi connectivity index (χ3v) is 1.21. The van der Waals surface area contributed by atoms with Crippen molar-refractivity contribution in [3.63, 3.8) is 0 Å². The summed E-state index contributed by atoms with van der Waals surface area (Å²) < 4.78 is 0. The molecule has 0 bridgehead atoms. The van der Waals surface area contributed by atoms with Crippen molar-refractivity contribution in [2.45, 2.75) is 27.7 Å². The molecule has 0 radical (unpaired) electrons. The van der Waals surface area contributed by atoms with Gasteiger partial charge in [0.1, 0.15) is 0 Å². The van der Waals surface area contributed by atoms with Gasteiger partial charge in [-0.1, -0.05) is 59.1 Å². The molecule has 0 spiro atoms. The molecule has 0 saturated carbocycles. The Morgan fingerprint density at radius 1 is 1.18 bits per heavy atom. The predicted molar refractivity (Wildman–Crippen MR) is 54.7 cm³/mol. The fraction of sp³-hybridized carbons (Fsp3) is 0.455. The first-order valence-corrected chi connectivity index (χ1v) is 4.17. The van der Waals surface area contributed by atoms with E-state index in [1.807, 2.05) is 26.0 Å². The highest BCUT2D eigenvalue weighted by atomic mass is 14.0. The summed E-state index contributed by atoms with van der Waals surface area (Å²) in [6.45, 7) is 15.6. The van der Waals surface area contributed by atoms with Gasteiger partial charge >= 0.3 is 0 Å². The second-order valence-corrected chi connectivity index (χ2v) is 2.26. The largest absolute Gasteiger partial charge is 0.0991 e. The fourth-order valence-corrected chi connectivity index (χ4v) is 0.632. The molecular formula is C11H20. The van der Waals surface area contributed by atoms with E-state index in [-0.39, 0.29) is 0 Å². The van der Waals surface area contributed by atoms with Gasteiger partial charge in [0.05, 0.1) is 0 Å². The molecule has 0 aromatic carbocycles. The number of hydrogen-bond donors (Lipinski definition) is 0. The van der Waals surface area contributed by atoms with Crippen LogP contribution in [0.2, 0.25) is 0 Å². The molecule has 0 aliphatic carbocycles. The topological polar surface area (TPSA) is 0 Å². The smallest absolute Gasteiger partial charge is 0.0219 e. The lowest BCUT2D eigenvalue weighted by Crippen LogP contribution is -1.87. The van der Waals surface area contributed by atoms with Crippen molar-refractivity contribution in [1.82, 2.24) is 0 Å². The van der Waals surface area contributed by atoms with E-state index in [2.05, 4.69) is 27.0 Å². The fourth-order valence-electron chi connectivity index (χ4n) is 0.632. The first kappa shape index (κ1) is 12.9. The Labute approximate surface area is 71.3 Å². The lowest BCUT2D eigenvalue weighted by atomic mass is 10.0. The quantitative estimate of drug-likeness (QED) is 0.537. The zero-order chi connectivity index (χ0) is 9.28. The van der Waals surface area contributed by atoms with E-state index in [0.717, 1.165) is 0 Å². The number of allylic oxidation sites excluding steroid dienone is 4. The summed E-state index contributed by atoms with van der Waals surface area (Å²) in [5.41, 5.74) is 1.24. The Bertz CT molecular complexity index is 127. The summed E-state index contributed by atoms with van der Waals surface area (Å²) in [6.07, 6.45) is 5.64. The van der Waals surface area contributed by atoms with Gasteiger partial charge in [0.15, 0.2) is 0 Å². The summed E-state index contributed by atoms with van der Waals surface area (Å²) >= 11 is 0. The van der Waals surface area contributed by atoms with Crippen LogP contribution in [0.4, 0.5) is 0 Å². The molecule has 0 rings (SSSR count). The first-order valence-electron chi connectivity index (χ1n) is 4.17. The first-order chi connectivity index (χ1) is 5.22. The van der Waals surface area contributed by atoms with Gasteiger partial charge < -0.3 is 0 Å². The molecule has 0 aliphatic heterocycles. The van der Waals surface area contributed by atoms with Gasteiger partial charge in [0, 0.05) is 0 Å². The molecule has 0 aliphatic rings. The average Bonchev–Trinajstić information content (AvgIpc) is 2.03. The van der Waals surface area contributed by atoms with Crippen LogP contribution in [-0.4, -0.2) is 0 Å². The minimum Gasteiger partial charge on any atom is -0.0991 e. The van der Waals surface area contributed by atoms with Crippen molar-refractivity contribution in [1.29, 1.82) is 0 Å². The van der Waals surface area contributed by atoms with Gasteiger partial charge in [-0.3, -0.25) is 0 Å². The van der Waals surface area contributed by atoms with E-state index in [1.54, 1.807) is 6.08 Å². The summed E-state index contributed by atoms with van der Waals surface area (Å²) in [4.78, 5) is 0. The van der Waals surface area contributed by atoms with E-state index in [1.165, 1.54) is 5.57 Å². The summed E-state index contributed by atoms with van der Waals surface area (Å²) in [7, 11) is 0. The van der Waals surface area contributed by atoms with Crippen molar-refractivity contribution >= 4 is 0 Å². The van der Waals surface area contributed by atoms with Gasteiger partial charge in [-0.15, -0.1) is 0 Å².